The molecular weight excluding hydrogens is 273 g/mol. The number of hydrogen-bond acceptors (Lipinski definition) is 4. The molecule has 0 amide bonds. The minimum atomic E-state index is -0.681. The molecule has 21 heavy (non-hydrogen) atoms. The van der Waals surface area contributed by atoms with Crippen LogP contribution in [0.3, 0.4) is 0 Å². The lowest BCUT2D eigenvalue weighted by atomic mass is 10.1. The number of carbonyl (C=O) groups is 1. The molecule has 1 heterocycles. The molecule has 5 nitrogen and oxygen atoms in total. The number of carbonyl (C=O) groups excluding carboxylic acids is 1. The summed E-state index contributed by atoms with van der Waals surface area (Å²) in [6.45, 7) is 3.49. The SMILES string of the molecule is Cc1cccc(C(=O)OCc2nnc(C)n2C2CC2)c1F. The van der Waals surface area contributed by atoms with Gasteiger partial charge in [0, 0.05) is 6.04 Å². The van der Waals surface area contributed by atoms with Gasteiger partial charge in [-0.2, -0.15) is 0 Å². The Morgan fingerprint density at radius 2 is 2.14 bits per heavy atom. The van der Waals surface area contributed by atoms with E-state index in [4.69, 9.17) is 4.74 Å². The van der Waals surface area contributed by atoms with E-state index in [-0.39, 0.29) is 12.2 Å². The van der Waals surface area contributed by atoms with Gasteiger partial charge in [0.05, 0.1) is 5.56 Å². The summed E-state index contributed by atoms with van der Waals surface area (Å²) < 4.78 is 21.0. The van der Waals surface area contributed by atoms with E-state index < -0.39 is 11.8 Å². The van der Waals surface area contributed by atoms with Gasteiger partial charge in [-0.05, 0) is 38.3 Å². The summed E-state index contributed by atoms with van der Waals surface area (Å²) in [5.41, 5.74) is 0.366. The van der Waals surface area contributed by atoms with Crippen molar-refractivity contribution in [3.05, 3.63) is 46.8 Å². The third-order valence-electron chi connectivity index (χ3n) is 3.59. The van der Waals surface area contributed by atoms with Crippen molar-refractivity contribution in [1.82, 2.24) is 14.8 Å². The fraction of sp³-hybridized carbons (Fsp3) is 0.400. The van der Waals surface area contributed by atoms with Crippen LogP contribution < -0.4 is 0 Å². The van der Waals surface area contributed by atoms with Crippen molar-refractivity contribution in [2.45, 2.75) is 39.3 Å². The number of rotatable bonds is 4. The van der Waals surface area contributed by atoms with Crippen LogP contribution >= 0.6 is 0 Å². The Bertz CT molecular complexity index is 692. The van der Waals surface area contributed by atoms with Crippen molar-refractivity contribution in [1.29, 1.82) is 0 Å². The monoisotopic (exact) mass is 289 g/mol. The van der Waals surface area contributed by atoms with Crippen molar-refractivity contribution in [2.24, 2.45) is 0 Å². The lowest BCUT2D eigenvalue weighted by Gasteiger charge is -2.08. The maximum atomic E-state index is 13.9. The van der Waals surface area contributed by atoms with Crippen molar-refractivity contribution in [3.63, 3.8) is 0 Å². The van der Waals surface area contributed by atoms with Gasteiger partial charge in [-0.15, -0.1) is 10.2 Å². The fourth-order valence-electron chi connectivity index (χ4n) is 2.33. The van der Waals surface area contributed by atoms with E-state index in [1.165, 1.54) is 6.07 Å². The Kier molecular flexibility index (Phi) is 3.45. The first-order valence-electron chi connectivity index (χ1n) is 6.90. The average molecular weight is 289 g/mol. The number of ether oxygens (including phenoxy) is 1. The normalized spacial score (nSPS) is 14.2. The maximum Gasteiger partial charge on any atom is 0.341 e. The van der Waals surface area contributed by atoms with Gasteiger partial charge in [0.15, 0.2) is 12.4 Å². The molecule has 0 unspecified atom stereocenters. The van der Waals surface area contributed by atoms with Gasteiger partial charge in [-0.25, -0.2) is 9.18 Å². The van der Waals surface area contributed by atoms with E-state index in [1.807, 2.05) is 11.5 Å². The summed E-state index contributed by atoms with van der Waals surface area (Å²) in [7, 11) is 0. The van der Waals surface area contributed by atoms with Crippen molar-refractivity contribution < 1.29 is 13.9 Å². The molecule has 1 aromatic heterocycles. The van der Waals surface area contributed by atoms with Gasteiger partial charge in [-0.1, -0.05) is 12.1 Å². The Morgan fingerprint density at radius 1 is 1.38 bits per heavy atom. The van der Waals surface area contributed by atoms with Gasteiger partial charge in [0.2, 0.25) is 0 Å². The summed E-state index contributed by atoms with van der Waals surface area (Å²) >= 11 is 0. The zero-order valence-corrected chi connectivity index (χ0v) is 12.0. The van der Waals surface area contributed by atoms with Crippen LogP contribution in [0.4, 0.5) is 4.39 Å². The molecule has 0 radical (unpaired) electrons. The van der Waals surface area contributed by atoms with Crippen LogP contribution in [0.2, 0.25) is 0 Å². The molecule has 2 aromatic rings. The Labute approximate surface area is 121 Å². The number of aromatic nitrogens is 3. The molecule has 1 aliphatic carbocycles. The summed E-state index contributed by atoms with van der Waals surface area (Å²) in [6, 6.07) is 5.07. The number of hydrogen-bond donors (Lipinski definition) is 0. The van der Waals surface area contributed by atoms with Crippen LogP contribution in [0.15, 0.2) is 18.2 Å². The number of aryl methyl sites for hydroxylation is 2. The minimum absolute atomic E-state index is 0.00353. The highest BCUT2D eigenvalue weighted by atomic mass is 19.1. The summed E-state index contributed by atoms with van der Waals surface area (Å²) in [4.78, 5) is 12.0. The first kappa shape index (κ1) is 13.7. The molecule has 1 aliphatic rings. The van der Waals surface area contributed by atoms with Crippen LogP contribution in [0.25, 0.3) is 0 Å². The Balaban J connectivity index is 1.73. The summed E-state index contributed by atoms with van der Waals surface area (Å²) in [6.07, 6.45) is 2.18. The second-order valence-corrected chi connectivity index (χ2v) is 5.28. The molecule has 1 fully saturated rings. The zero-order chi connectivity index (χ0) is 15.0. The van der Waals surface area contributed by atoms with Crippen LogP contribution in [0.5, 0.6) is 0 Å². The fourth-order valence-corrected chi connectivity index (χ4v) is 2.33. The predicted octanol–water partition coefficient (Wildman–Crippen LogP) is 2.73. The van der Waals surface area contributed by atoms with E-state index in [1.54, 1.807) is 19.1 Å². The zero-order valence-electron chi connectivity index (χ0n) is 12.0. The van der Waals surface area contributed by atoms with E-state index in [0.29, 0.717) is 17.4 Å². The minimum Gasteiger partial charge on any atom is -0.454 e. The maximum absolute atomic E-state index is 13.9. The van der Waals surface area contributed by atoms with E-state index in [0.717, 1.165) is 18.7 Å². The Hall–Kier alpha value is -2.24. The van der Waals surface area contributed by atoms with Gasteiger partial charge < -0.3 is 9.30 Å². The van der Waals surface area contributed by atoms with Gasteiger partial charge in [0.25, 0.3) is 0 Å². The van der Waals surface area contributed by atoms with E-state index in [2.05, 4.69) is 10.2 Å². The van der Waals surface area contributed by atoms with Crippen LogP contribution in [0.1, 0.15) is 46.5 Å². The molecule has 0 spiro atoms. The first-order chi connectivity index (χ1) is 10.1. The molecule has 0 bridgehead atoms. The standard InChI is InChI=1S/C15H16FN3O2/c1-9-4-3-5-12(14(9)16)15(20)21-8-13-18-17-10(2)19(13)11-6-7-11/h3-5,11H,6-8H2,1-2H3. The molecule has 3 rings (SSSR count). The number of esters is 1. The highest BCUT2D eigenvalue weighted by molar-refractivity contribution is 5.89. The Morgan fingerprint density at radius 3 is 2.86 bits per heavy atom. The summed E-state index contributed by atoms with van der Waals surface area (Å²) in [5.74, 6) is 0.197. The highest BCUT2D eigenvalue weighted by Crippen LogP contribution is 2.36. The lowest BCUT2D eigenvalue weighted by Crippen LogP contribution is -2.12. The highest BCUT2D eigenvalue weighted by Gasteiger charge is 2.28. The van der Waals surface area contributed by atoms with Crippen molar-refractivity contribution >= 4 is 5.97 Å². The molecule has 110 valence electrons. The third-order valence-corrected chi connectivity index (χ3v) is 3.59. The second kappa shape index (κ2) is 5.27. The predicted molar refractivity (Wildman–Crippen MR) is 73.3 cm³/mol. The number of nitrogens with zero attached hydrogens (tertiary/aromatic N) is 3. The van der Waals surface area contributed by atoms with E-state index >= 15 is 0 Å². The van der Waals surface area contributed by atoms with E-state index in [9.17, 15) is 9.18 Å². The largest absolute Gasteiger partial charge is 0.454 e. The molecule has 1 saturated carbocycles. The topological polar surface area (TPSA) is 57.0 Å². The molecule has 0 aliphatic heterocycles. The van der Waals surface area contributed by atoms with Crippen LogP contribution in [-0.4, -0.2) is 20.7 Å². The average Bonchev–Trinajstić information content (AvgIpc) is 3.23. The second-order valence-electron chi connectivity index (χ2n) is 5.28. The van der Waals surface area contributed by atoms with Crippen LogP contribution in [0, 0.1) is 19.7 Å². The molecular formula is C15H16FN3O2. The molecule has 0 saturated heterocycles. The quantitative estimate of drug-likeness (QED) is 0.812. The van der Waals surface area contributed by atoms with Gasteiger partial charge >= 0.3 is 5.97 Å². The number of benzene rings is 1. The molecule has 0 atom stereocenters. The first-order valence-corrected chi connectivity index (χ1v) is 6.90. The van der Waals surface area contributed by atoms with Crippen LogP contribution in [-0.2, 0) is 11.3 Å². The molecule has 1 aromatic carbocycles. The smallest absolute Gasteiger partial charge is 0.341 e. The van der Waals surface area contributed by atoms with Crippen molar-refractivity contribution in [3.8, 4) is 0 Å². The van der Waals surface area contributed by atoms with Gasteiger partial charge in [-0.3, -0.25) is 0 Å². The molecule has 0 N–H and O–H groups in total. The molecule has 6 heteroatoms. The summed E-state index contributed by atoms with van der Waals surface area (Å²) in [5, 5.41) is 8.03. The lowest BCUT2D eigenvalue weighted by molar-refractivity contribution is 0.0451. The van der Waals surface area contributed by atoms with Gasteiger partial charge in [0.1, 0.15) is 11.6 Å². The third kappa shape index (κ3) is 2.66. The van der Waals surface area contributed by atoms with Crippen molar-refractivity contribution in [2.75, 3.05) is 0 Å². The number of halogens is 1.